The second kappa shape index (κ2) is 6.29. The normalized spacial score (nSPS) is 19.4. The monoisotopic (exact) mass is 268 g/mol. The summed E-state index contributed by atoms with van der Waals surface area (Å²) < 4.78 is 0. The fourth-order valence-corrected chi connectivity index (χ4v) is 3.30. The van der Waals surface area contributed by atoms with Gasteiger partial charge in [-0.1, -0.05) is 12.8 Å². The van der Waals surface area contributed by atoms with Gasteiger partial charge < -0.3 is 5.11 Å². The maximum absolute atomic E-state index is 10.6. The summed E-state index contributed by atoms with van der Waals surface area (Å²) in [7, 11) is 0. The second-order valence-electron chi connectivity index (χ2n) is 4.87. The van der Waals surface area contributed by atoms with Gasteiger partial charge >= 0.3 is 5.97 Å². The Morgan fingerprint density at radius 1 is 1.44 bits per heavy atom. The molecule has 1 unspecified atom stereocenters. The number of thiazole rings is 1. The molecule has 0 radical (unpaired) electrons. The van der Waals surface area contributed by atoms with E-state index in [1.165, 1.54) is 25.7 Å². The van der Waals surface area contributed by atoms with Gasteiger partial charge in [-0.3, -0.25) is 9.69 Å². The van der Waals surface area contributed by atoms with Gasteiger partial charge in [0.2, 0.25) is 0 Å². The summed E-state index contributed by atoms with van der Waals surface area (Å²) in [5.41, 5.74) is 0.684. The van der Waals surface area contributed by atoms with Crippen LogP contribution in [0.4, 0.5) is 0 Å². The van der Waals surface area contributed by atoms with Crippen molar-refractivity contribution in [3.63, 3.8) is 0 Å². The summed E-state index contributed by atoms with van der Waals surface area (Å²) in [5.74, 6) is -0.811. The lowest BCUT2D eigenvalue weighted by Gasteiger charge is -2.25. The largest absolute Gasteiger partial charge is 0.481 e. The third-order valence-electron chi connectivity index (χ3n) is 3.45. The van der Waals surface area contributed by atoms with Gasteiger partial charge in [0, 0.05) is 5.38 Å². The fraction of sp³-hybridized carbons (Fsp3) is 0.692. The molecule has 1 N–H and O–H groups in total. The average molecular weight is 268 g/mol. The minimum atomic E-state index is -0.811. The Hall–Kier alpha value is -0.940. The first-order chi connectivity index (χ1) is 8.66. The fourth-order valence-electron chi connectivity index (χ4n) is 2.39. The molecule has 100 valence electrons. The van der Waals surface area contributed by atoms with Gasteiger partial charge in [-0.2, -0.15) is 0 Å². The molecule has 18 heavy (non-hydrogen) atoms. The Kier molecular flexibility index (Phi) is 4.72. The van der Waals surface area contributed by atoms with E-state index in [9.17, 15) is 4.79 Å². The van der Waals surface area contributed by atoms with Crippen LogP contribution in [0.1, 0.15) is 49.4 Å². The summed E-state index contributed by atoms with van der Waals surface area (Å²) in [6, 6.07) is 0.315. The van der Waals surface area contributed by atoms with E-state index >= 15 is 0 Å². The molecule has 0 spiro atoms. The summed E-state index contributed by atoms with van der Waals surface area (Å²) >= 11 is 1.58. The molecule has 1 saturated heterocycles. The van der Waals surface area contributed by atoms with E-state index in [1.54, 1.807) is 11.3 Å². The average Bonchev–Trinajstić information content (AvgIpc) is 2.63. The highest BCUT2D eigenvalue weighted by Gasteiger charge is 2.20. The van der Waals surface area contributed by atoms with E-state index in [4.69, 9.17) is 5.11 Å². The zero-order valence-corrected chi connectivity index (χ0v) is 11.6. The lowest BCUT2D eigenvalue weighted by molar-refractivity contribution is -0.136. The van der Waals surface area contributed by atoms with E-state index in [1.807, 2.05) is 5.38 Å². The van der Waals surface area contributed by atoms with E-state index in [2.05, 4.69) is 16.8 Å². The second-order valence-corrected chi connectivity index (χ2v) is 5.76. The van der Waals surface area contributed by atoms with E-state index in [0.717, 1.165) is 18.1 Å². The number of hydrogen-bond acceptors (Lipinski definition) is 4. The standard InChI is InChI=1S/C13H20N2O2S/c1-10(15-6-4-2-3-5-7-15)13-14-11(9-18-13)8-12(16)17/h9-10H,2-8H2,1H3,(H,16,17). The number of aliphatic carboxylic acids is 1. The van der Waals surface area contributed by atoms with Crippen LogP contribution in [0.15, 0.2) is 5.38 Å². The number of carbonyl (C=O) groups is 1. The SMILES string of the molecule is CC(c1nc(CC(=O)O)cs1)N1CCCCCC1. The molecule has 1 fully saturated rings. The third-order valence-corrected chi connectivity index (χ3v) is 4.51. The maximum Gasteiger partial charge on any atom is 0.309 e. The van der Waals surface area contributed by atoms with Crippen LogP contribution in [0.3, 0.4) is 0 Å². The zero-order valence-electron chi connectivity index (χ0n) is 10.8. The number of likely N-dealkylation sites (tertiary alicyclic amines) is 1. The van der Waals surface area contributed by atoms with Crippen LogP contribution >= 0.6 is 11.3 Å². The Morgan fingerprint density at radius 3 is 2.72 bits per heavy atom. The third kappa shape index (κ3) is 3.53. The highest BCUT2D eigenvalue weighted by molar-refractivity contribution is 7.09. The molecule has 0 aromatic carbocycles. The molecule has 1 aromatic rings. The number of aromatic nitrogens is 1. The smallest absolute Gasteiger partial charge is 0.309 e. The van der Waals surface area contributed by atoms with E-state index in [-0.39, 0.29) is 6.42 Å². The van der Waals surface area contributed by atoms with Gasteiger partial charge in [-0.25, -0.2) is 4.98 Å². The lowest BCUT2D eigenvalue weighted by atomic mass is 10.2. The Balaban J connectivity index is 2.00. The van der Waals surface area contributed by atoms with Crippen molar-refractivity contribution in [2.45, 2.75) is 45.1 Å². The molecule has 1 aliphatic heterocycles. The minimum Gasteiger partial charge on any atom is -0.481 e. The number of carboxylic acid groups (broad SMARTS) is 1. The lowest BCUT2D eigenvalue weighted by Crippen LogP contribution is -2.27. The van der Waals surface area contributed by atoms with Gasteiger partial charge in [0.15, 0.2) is 0 Å². The van der Waals surface area contributed by atoms with E-state index < -0.39 is 5.97 Å². The molecule has 2 rings (SSSR count). The van der Waals surface area contributed by atoms with Gasteiger partial charge in [0.05, 0.1) is 18.2 Å². The molecule has 0 saturated carbocycles. The van der Waals surface area contributed by atoms with Gasteiger partial charge in [-0.15, -0.1) is 11.3 Å². The van der Waals surface area contributed by atoms with Crippen LogP contribution in [0.5, 0.6) is 0 Å². The van der Waals surface area contributed by atoms with Gasteiger partial charge in [-0.05, 0) is 32.9 Å². The molecule has 1 aliphatic rings. The van der Waals surface area contributed by atoms with E-state index in [0.29, 0.717) is 11.7 Å². The Bertz CT molecular complexity index is 397. The van der Waals surface area contributed by atoms with Crippen LogP contribution in [0, 0.1) is 0 Å². The predicted octanol–water partition coefficient (Wildman–Crippen LogP) is 2.71. The number of rotatable bonds is 4. The topological polar surface area (TPSA) is 53.4 Å². The van der Waals surface area contributed by atoms with Crippen LogP contribution in [-0.2, 0) is 11.2 Å². The van der Waals surface area contributed by atoms with Crippen molar-refractivity contribution in [3.8, 4) is 0 Å². The molecule has 2 heterocycles. The molecule has 1 atom stereocenters. The molecule has 0 aliphatic carbocycles. The molecule has 5 heteroatoms. The number of nitrogens with zero attached hydrogens (tertiary/aromatic N) is 2. The minimum absolute atomic E-state index is 0.0310. The summed E-state index contributed by atoms with van der Waals surface area (Å²) in [6.07, 6.45) is 5.20. The number of carboxylic acids is 1. The molecule has 0 amide bonds. The van der Waals surface area contributed by atoms with Crippen molar-refractivity contribution in [2.75, 3.05) is 13.1 Å². The van der Waals surface area contributed by atoms with Crippen molar-refractivity contribution in [2.24, 2.45) is 0 Å². The first-order valence-corrected chi connectivity index (χ1v) is 7.45. The summed E-state index contributed by atoms with van der Waals surface area (Å²) in [6.45, 7) is 4.44. The molecule has 0 bridgehead atoms. The van der Waals surface area contributed by atoms with Gasteiger partial charge in [0.25, 0.3) is 0 Å². The number of hydrogen-bond donors (Lipinski definition) is 1. The van der Waals surface area contributed by atoms with Crippen molar-refractivity contribution >= 4 is 17.3 Å². The van der Waals surface area contributed by atoms with Crippen molar-refractivity contribution < 1.29 is 9.90 Å². The first-order valence-electron chi connectivity index (χ1n) is 6.57. The summed E-state index contributed by atoms with van der Waals surface area (Å²) in [4.78, 5) is 17.6. The van der Waals surface area contributed by atoms with Crippen molar-refractivity contribution in [1.29, 1.82) is 0 Å². The van der Waals surface area contributed by atoms with Crippen LogP contribution in [-0.4, -0.2) is 34.0 Å². The Morgan fingerprint density at radius 2 is 2.11 bits per heavy atom. The quantitative estimate of drug-likeness (QED) is 0.912. The summed E-state index contributed by atoms with van der Waals surface area (Å²) in [5, 5.41) is 11.7. The maximum atomic E-state index is 10.6. The van der Waals surface area contributed by atoms with Gasteiger partial charge in [0.1, 0.15) is 5.01 Å². The zero-order chi connectivity index (χ0) is 13.0. The first kappa shape index (κ1) is 13.5. The van der Waals surface area contributed by atoms with Crippen LogP contribution in [0.2, 0.25) is 0 Å². The highest BCUT2D eigenvalue weighted by Crippen LogP contribution is 2.26. The van der Waals surface area contributed by atoms with Crippen LogP contribution < -0.4 is 0 Å². The van der Waals surface area contributed by atoms with Crippen LogP contribution in [0.25, 0.3) is 0 Å². The molecule has 1 aromatic heterocycles. The molecular formula is C13H20N2O2S. The van der Waals surface area contributed by atoms with Crippen molar-refractivity contribution in [1.82, 2.24) is 9.88 Å². The highest BCUT2D eigenvalue weighted by atomic mass is 32.1. The van der Waals surface area contributed by atoms with Crippen molar-refractivity contribution in [3.05, 3.63) is 16.1 Å². The Labute approximate surface area is 112 Å². The predicted molar refractivity (Wildman–Crippen MR) is 71.9 cm³/mol. The molecular weight excluding hydrogens is 248 g/mol. The molecule has 4 nitrogen and oxygen atoms in total.